The van der Waals surface area contributed by atoms with Crippen molar-refractivity contribution in [3.8, 4) is 5.75 Å². The topological polar surface area (TPSA) is 61.9 Å². The molecule has 1 aromatic carbocycles. The summed E-state index contributed by atoms with van der Waals surface area (Å²) in [4.78, 5) is 29.5. The van der Waals surface area contributed by atoms with E-state index in [0.29, 0.717) is 32.0 Å². The Bertz CT molecular complexity index is 674. The highest BCUT2D eigenvalue weighted by atomic mass is 16.5. The van der Waals surface area contributed by atoms with Crippen LogP contribution in [-0.4, -0.2) is 56.0 Å². The maximum absolute atomic E-state index is 12.9. The van der Waals surface area contributed by atoms with Gasteiger partial charge in [-0.2, -0.15) is 0 Å². The van der Waals surface area contributed by atoms with Gasteiger partial charge in [-0.15, -0.1) is 0 Å². The van der Waals surface area contributed by atoms with E-state index in [9.17, 15) is 9.59 Å². The van der Waals surface area contributed by atoms with E-state index in [-0.39, 0.29) is 11.8 Å². The van der Waals surface area contributed by atoms with Crippen LogP contribution in [0.1, 0.15) is 25.7 Å². The number of hydrogen-bond acceptors (Lipinski definition) is 4. The molecule has 2 aliphatic carbocycles. The molecular formula is C19H25N3O3. The van der Waals surface area contributed by atoms with Gasteiger partial charge in [0.25, 0.3) is 0 Å². The normalized spacial score (nSPS) is 21.6. The van der Waals surface area contributed by atoms with Crippen molar-refractivity contribution in [1.29, 1.82) is 0 Å². The lowest BCUT2D eigenvalue weighted by Crippen LogP contribution is -2.53. The first-order valence-electron chi connectivity index (χ1n) is 9.12. The summed E-state index contributed by atoms with van der Waals surface area (Å²) in [5, 5.41) is 3.01. The number of hydrogen-bond donors (Lipinski definition) is 1. The van der Waals surface area contributed by atoms with Crippen LogP contribution in [0, 0.1) is 5.41 Å². The van der Waals surface area contributed by atoms with E-state index < -0.39 is 5.41 Å². The molecule has 3 aliphatic rings. The van der Waals surface area contributed by atoms with Gasteiger partial charge < -0.3 is 19.9 Å². The fourth-order valence-corrected chi connectivity index (χ4v) is 3.56. The van der Waals surface area contributed by atoms with Crippen LogP contribution in [0.15, 0.2) is 24.3 Å². The number of methoxy groups -OCH3 is 1. The third-order valence-electron chi connectivity index (χ3n) is 5.50. The third kappa shape index (κ3) is 3.05. The Labute approximate surface area is 148 Å². The zero-order valence-corrected chi connectivity index (χ0v) is 14.7. The number of nitrogens with zero attached hydrogens (tertiary/aromatic N) is 2. The lowest BCUT2D eigenvalue weighted by Gasteiger charge is -2.38. The molecule has 1 heterocycles. The van der Waals surface area contributed by atoms with Crippen molar-refractivity contribution in [2.75, 3.05) is 38.2 Å². The van der Waals surface area contributed by atoms with E-state index in [1.54, 1.807) is 7.11 Å². The standard InChI is InChI=1S/C19H25N3O3/c1-25-16-5-3-2-4-15(16)21-10-12-22(13-11-21)18(24)19(8-9-19)17(23)20-14-6-7-14/h2-5,14H,6-13H2,1H3,(H,20,23). The molecule has 0 unspecified atom stereocenters. The highest BCUT2D eigenvalue weighted by molar-refractivity contribution is 6.08. The van der Waals surface area contributed by atoms with Gasteiger partial charge in [0.1, 0.15) is 11.2 Å². The molecule has 2 amide bonds. The Kier molecular flexibility index (Phi) is 4.06. The summed E-state index contributed by atoms with van der Waals surface area (Å²) in [5.41, 5.74) is 0.291. The molecule has 1 saturated heterocycles. The van der Waals surface area contributed by atoms with E-state index in [1.807, 2.05) is 29.2 Å². The van der Waals surface area contributed by atoms with Gasteiger partial charge in [-0.3, -0.25) is 9.59 Å². The summed E-state index contributed by atoms with van der Waals surface area (Å²) in [6, 6.07) is 8.25. The van der Waals surface area contributed by atoms with Gasteiger partial charge in [0.15, 0.2) is 0 Å². The molecule has 4 rings (SSSR count). The van der Waals surface area contributed by atoms with Crippen molar-refractivity contribution < 1.29 is 14.3 Å². The van der Waals surface area contributed by atoms with Gasteiger partial charge in [-0.25, -0.2) is 0 Å². The van der Waals surface area contributed by atoms with Crippen molar-refractivity contribution >= 4 is 17.5 Å². The number of amides is 2. The van der Waals surface area contributed by atoms with Gasteiger partial charge in [0, 0.05) is 32.2 Å². The Hall–Kier alpha value is -2.24. The Morgan fingerprint density at radius 2 is 1.80 bits per heavy atom. The number of ether oxygens (including phenoxy) is 1. The molecule has 6 nitrogen and oxygen atoms in total. The van der Waals surface area contributed by atoms with Crippen LogP contribution in [0.25, 0.3) is 0 Å². The zero-order valence-electron chi connectivity index (χ0n) is 14.7. The summed E-state index contributed by atoms with van der Waals surface area (Å²) in [6.45, 7) is 2.81. The number of rotatable bonds is 5. The van der Waals surface area contributed by atoms with Crippen molar-refractivity contribution in [2.24, 2.45) is 5.41 Å². The Morgan fingerprint density at radius 1 is 1.12 bits per heavy atom. The van der Waals surface area contributed by atoms with E-state index in [1.165, 1.54) is 0 Å². The highest BCUT2D eigenvalue weighted by Gasteiger charge is 2.58. The number of piperazine rings is 1. The predicted molar refractivity (Wildman–Crippen MR) is 94.6 cm³/mol. The lowest BCUT2D eigenvalue weighted by atomic mass is 10.0. The number of carbonyl (C=O) groups excluding carboxylic acids is 2. The minimum atomic E-state index is -0.769. The van der Waals surface area contributed by atoms with Crippen LogP contribution >= 0.6 is 0 Å². The first kappa shape index (κ1) is 16.2. The summed E-state index contributed by atoms with van der Waals surface area (Å²) < 4.78 is 5.44. The Morgan fingerprint density at radius 3 is 2.40 bits per heavy atom. The van der Waals surface area contributed by atoms with Crippen molar-refractivity contribution in [1.82, 2.24) is 10.2 Å². The number of carbonyl (C=O) groups is 2. The van der Waals surface area contributed by atoms with Crippen LogP contribution in [0.3, 0.4) is 0 Å². The molecule has 0 spiro atoms. The number of nitrogens with one attached hydrogen (secondary N) is 1. The molecule has 0 atom stereocenters. The fraction of sp³-hybridized carbons (Fsp3) is 0.579. The van der Waals surface area contributed by atoms with Gasteiger partial charge in [-0.05, 0) is 37.8 Å². The molecule has 2 saturated carbocycles. The molecule has 1 N–H and O–H groups in total. The minimum absolute atomic E-state index is 0.0188. The van der Waals surface area contributed by atoms with Crippen molar-refractivity contribution in [3.63, 3.8) is 0 Å². The first-order valence-corrected chi connectivity index (χ1v) is 9.12. The molecule has 0 aromatic heterocycles. The van der Waals surface area contributed by atoms with Crippen molar-refractivity contribution in [3.05, 3.63) is 24.3 Å². The molecule has 1 aliphatic heterocycles. The average Bonchev–Trinajstić information content (AvgIpc) is 3.55. The lowest BCUT2D eigenvalue weighted by molar-refractivity contribution is -0.144. The molecule has 0 bridgehead atoms. The molecule has 25 heavy (non-hydrogen) atoms. The van der Waals surface area contributed by atoms with E-state index in [4.69, 9.17) is 4.74 Å². The highest BCUT2D eigenvalue weighted by Crippen LogP contribution is 2.48. The van der Waals surface area contributed by atoms with Gasteiger partial charge >= 0.3 is 0 Å². The van der Waals surface area contributed by atoms with Crippen LogP contribution in [0.4, 0.5) is 5.69 Å². The number of para-hydroxylation sites is 2. The SMILES string of the molecule is COc1ccccc1N1CCN(C(=O)C2(C(=O)NC3CC3)CC2)CC1. The second-order valence-electron chi connectivity index (χ2n) is 7.28. The fourth-order valence-electron chi connectivity index (χ4n) is 3.56. The van der Waals surface area contributed by atoms with Crippen LogP contribution in [0.5, 0.6) is 5.75 Å². The minimum Gasteiger partial charge on any atom is -0.495 e. The molecule has 6 heteroatoms. The average molecular weight is 343 g/mol. The smallest absolute Gasteiger partial charge is 0.238 e. The maximum Gasteiger partial charge on any atom is 0.238 e. The largest absolute Gasteiger partial charge is 0.495 e. The van der Waals surface area contributed by atoms with Crippen LogP contribution in [0.2, 0.25) is 0 Å². The third-order valence-corrected chi connectivity index (χ3v) is 5.50. The van der Waals surface area contributed by atoms with Crippen LogP contribution in [-0.2, 0) is 9.59 Å². The van der Waals surface area contributed by atoms with Gasteiger partial charge in [0.2, 0.25) is 11.8 Å². The summed E-state index contributed by atoms with van der Waals surface area (Å²) in [6.07, 6.45) is 3.48. The second-order valence-corrected chi connectivity index (χ2v) is 7.28. The van der Waals surface area contributed by atoms with Crippen molar-refractivity contribution in [2.45, 2.75) is 31.7 Å². The predicted octanol–water partition coefficient (Wildman–Crippen LogP) is 1.40. The molecule has 3 fully saturated rings. The van der Waals surface area contributed by atoms with Gasteiger partial charge in [-0.1, -0.05) is 12.1 Å². The summed E-state index contributed by atoms with van der Waals surface area (Å²) in [7, 11) is 1.67. The molecular weight excluding hydrogens is 318 g/mol. The van der Waals surface area contributed by atoms with E-state index in [2.05, 4.69) is 10.2 Å². The van der Waals surface area contributed by atoms with E-state index >= 15 is 0 Å². The second kappa shape index (κ2) is 6.24. The zero-order chi connectivity index (χ0) is 17.4. The quantitative estimate of drug-likeness (QED) is 0.821. The summed E-state index contributed by atoms with van der Waals surface area (Å²) >= 11 is 0. The monoisotopic (exact) mass is 343 g/mol. The number of benzene rings is 1. The van der Waals surface area contributed by atoms with E-state index in [0.717, 1.165) is 37.4 Å². The maximum atomic E-state index is 12.9. The van der Waals surface area contributed by atoms with Crippen LogP contribution < -0.4 is 15.0 Å². The Balaban J connectivity index is 1.38. The molecule has 134 valence electrons. The molecule has 0 radical (unpaired) electrons. The number of anilines is 1. The van der Waals surface area contributed by atoms with Gasteiger partial charge in [0.05, 0.1) is 12.8 Å². The summed E-state index contributed by atoms with van der Waals surface area (Å²) in [5.74, 6) is 0.822. The first-order chi connectivity index (χ1) is 12.1. The molecule has 1 aromatic rings.